The lowest BCUT2D eigenvalue weighted by Crippen LogP contribution is -2.13. The van der Waals surface area contributed by atoms with Crippen molar-refractivity contribution < 1.29 is 19.0 Å². The Morgan fingerprint density at radius 3 is 2.67 bits per heavy atom. The van der Waals surface area contributed by atoms with Gasteiger partial charge in [0, 0.05) is 0 Å². The lowest BCUT2D eigenvalue weighted by atomic mass is 10.1. The fraction of sp³-hybridized carbons (Fsp3) is 0.250. The van der Waals surface area contributed by atoms with Crippen LogP contribution in [0.4, 0.5) is 5.13 Å². The van der Waals surface area contributed by atoms with Crippen LogP contribution in [-0.2, 0) is 11.2 Å². The quantitative estimate of drug-likeness (QED) is 0.269. The van der Waals surface area contributed by atoms with Gasteiger partial charge >= 0.3 is 0 Å². The van der Waals surface area contributed by atoms with Gasteiger partial charge in [0.05, 0.1) is 7.11 Å². The maximum Gasteiger partial charge on any atom is 0.268 e. The maximum atomic E-state index is 12.4. The van der Waals surface area contributed by atoms with Gasteiger partial charge in [-0.1, -0.05) is 36.5 Å². The molecule has 33 heavy (non-hydrogen) atoms. The number of benzene rings is 2. The van der Waals surface area contributed by atoms with Crippen LogP contribution in [0.3, 0.4) is 0 Å². The number of nitriles is 1. The van der Waals surface area contributed by atoms with Crippen LogP contribution < -0.4 is 19.5 Å². The van der Waals surface area contributed by atoms with Gasteiger partial charge in [-0.25, -0.2) is 0 Å². The van der Waals surface area contributed by atoms with Crippen molar-refractivity contribution in [2.45, 2.75) is 20.3 Å². The molecular formula is C24H24N4O4S. The van der Waals surface area contributed by atoms with Gasteiger partial charge in [0.1, 0.15) is 35.6 Å². The van der Waals surface area contributed by atoms with Gasteiger partial charge in [-0.3, -0.25) is 10.1 Å². The van der Waals surface area contributed by atoms with Crippen LogP contribution in [0.2, 0.25) is 0 Å². The van der Waals surface area contributed by atoms with E-state index >= 15 is 0 Å². The van der Waals surface area contributed by atoms with Gasteiger partial charge in [-0.15, -0.1) is 10.2 Å². The highest BCUT2D eigenvalue weighted by Gasteiger charge is 2.13. The Morgan fingerprint density at radius 1 is 1.15 bits per heavy atom. The number of nitrogens with zero attached hydrogens (tertiary/aromatic N) is 3. The first-order chi connectivity index (χ1) is 16.0. The average molecular weight is 465 g/mol. The molecule has 0 saturated heterocycles. The Labute approximate surface area is 196 Å². The van der Waals surface area contributed by atoms with E-state index in [0.29, 0.717) is 35.4 Å². The summed E-state index contributed by atoms with van der Waals surface area (Å²) in [5.74, 6) is 1.25. The number of methoxy groups -OCH3 is 1. The van der Waals surface area contributed by atoms with E-state index in [1.54, 1.807) is 18.2 Å². The first kappa shape index (κ1) is 23.8. The fourth-order valence-corrected chi connectivity index (χ4v) is 3.51. The topological polar surface area (TPSA) is 106 Å². The molecule has 170 valence electrons. The van der Waals surface area contributed by atoms with Crippen molar-refractivity contribution in [3.63, 3.8) is 0 Å². The SMILES string of the molecule is CCc1nnc(NC(=O)/C(C#N)=C\c2ccc(OCCOc3cccc(C)c3)c(OC)c2)s1. The van der Waals surface area contributed by atoms with Crippen molar-refractivity contribution in [1.82, 2.24) is 10.2 Å². The number of ether oxygens (including phenoxy) is 3. The molecule has 3 rings (SSSR count). The van der Waals surface area contributed by atoms with Crippen LogP contribution in [0.25, 0.3) is 6.08 Å². The van der Waals surface area contributed by atoms with Crippen molar-refractivity contribution >= 4 is 28.5 Å². The molecule has 1 heterocycles. The second kappa shape index (κ2) is 11.6. The van der Waals surface area contributed by atoms with E-state index in [-0.39, 0.29) is 5.57 Å². The van der Waals surface area contributed by atoms with Gasteiger partial charge in [0.15, 0.2) is 11.5 Å². The molecule has 0 saturated carbocycles. The largest absolute Gasteiger partial charge is 0.493 e. The zero-order valence-electron chi connectivity index (χ0n) is 18.6. The number of aryl methyl sites for hydroxylation is 2. The summed E-state index contributed by atoms with van der Waals surface area (Å²) in [7, 11) is 1.53. The van der Waals surface area contributed by atoms with E-state index < -0.39 is 5.91 Å². The van der Waals surface area contributed by atoms with Crippen LogP contribution in [0, 0.1) is 18.3 Å². The van der Waals surface area contributed by atoms with Crippen molar-refractivity contribution in [3.8, 4) is 23.3 Å². The minimum atomic E-state index is -0.552. The number of rotatable bonds is 10. The third-order valence-electron chi connectivity index (χ3n) is 4.45. The molecule has 0 aliphatic carbocycles. The molecular weight excluding hydrogens is 440 g/mol. The van der Waals surface area contributed by atoms with Crippen molar-refractivity contribution in [2.75, 3.05) is 25.6 Å². The number of nitrogens with one attached hydrogen (secondary N) is 1. The third kappa shape index (κ3) is 6.79. The molecule has 9 heteroatoms. The molecule has 0 aliphatic rings. The summed E-state index contributed by atoms with van der Waals surface area (Å²) < 4.78 is 16.9. The molecule has 1 aromatic heterocycles. The smallest absolute Gasteiger partial charge is 0.268 e. The number of hydrogen-bond acceptors (Lipinski definition) is 8. The molecule has 0 radical (unpaired) electrons. The zero-order chi connectivity index (χ0) is 23.6. The molecule has 0 fully saturated rings. The van der Waals surface area contributed by atoms with Crippen molar-refractivity contribution in [1.29, 1.82) is 5.26 Å². The van der Waals surface area contributed by atoms with E-state index in [2.05, 4.69) is 15.5 Å². The number of anilines is 1. The number of amides is 1. The summed E-state index contributed by atoms with van der Waals surface area (Å²) in [5.41, 5.74) is 1.68. The van der Waals surface area contributed by atoms with Crippen LogP contribution >= 0.6 is 11.3 Å². The molecule has 0 unspecified atom stereocenters. The van der Waals surface area contributed by atoms with Crippen LogP contribution in [0.15, 0.2) is 48.0 Å². The number of aromatic nitrogens is 2. The summed E-state index contributed by atoms with van der Waals surface area (Å²) in [6.07, 6.45) is 2.20. The van der Waals surface area contributed by atoms with E-state index in [4.69, 9.17) is 14.2 Å². The highest BCUT2D eigenvalue weighted by atomic mass is 32.1. The van der Waals surface area contributed by atoms with E-state index in [1.165, 1.54) is 24.5 Å². The van der Waals surface area contributed by atoms with Crippen molar-refractivity contribution in [2.24, 2.45) is 0 Å². The Hall–Kier alpha value is -3.90. The summed E-state index contributed by atoms with van der Waals surface area (Å²) in [5, 5.41) is 21.1. The first-order valence-electron chi connectivity index (χ1n) is 10.3. The average Bonchev–Trinajstić information content (AvgIpc) is 3.28. The minimum absolute atomic E-state index is 0.0643. The second-order valence-electron chi connectivity index (χ2n) is 6.90. The lowest BCUT2D eigenvalue weighted by molar-refractivity contribution is -0.112. The van der Waals surface area contributed by atoms with Gasteiger partial charge in [-0.05, 0) is 54.8 Å². The van der Waals surface area contributed by atoms with Crippen LogP contribution in [-0.4, -0.2) is 36.4 Å². The molecule has 0 bridgehead atoms. The second-order valence-corrected chi connectivity index (χ2v) is 7.96. The van der Waals surface area contributed by atoms with Crippen LogP contribution in [0.1, 0.15) is 23.1 Å². The standard InChI is InChI=1S/C24H24N4O4S/c1-4-22-27-28-24(33-22)26-23(29)18(15-25)13-17-8-9-20(21(14-17)30-3)32-11-10-31-19-7-5-6-16(2)12-19/h5-9,12-14H,4,10-11H2,1-3H3,(H,26,28,29)/b18-13-. The van der Waals surface area contributed by atoms with E-state index in [9.17, 15) is 10.1 Å². The highest BCUT2D eigenvalue weighted by Crippen LogP contribution is 2.29. The van der Waals surface area contributed by atoms with Gasteiger partial charge < -0.3 is 14.2 Å². The van der Waals surface area contributed by atoms with Crippen molar-refractivity contribution in [3.05, 3.63) is 64.2 Å². The normalized spacial score (nSPS) is 10.9. The monoisotopic (exact) mass is 464 g/mol. The lowest BCUT2D eigenvalue weighted by Gasteiger charge is -2.12. The van der Waals surface area contributed by atoms with Gasteiger partial charge in [-0.2, -0.15) is 5.26 Å². The molecule has 1 amide bonds. The van der Waals surface area contributed by atoms with Gasteiger partial charge in [0.25, 0.3) is 5.91 Å². The molecule has 0 aliphatic heterocycles. The molecule has 0 atom stereocenters. The summed E-state index contributed by atoms with van der Waals surface area (Å²) in [4.78, 5) is 12.4. The Morgan fingerprint density at radius 2 is 1.97 bits per heavy atom. The molecule has 8 nitrogen and oxygen atoms in total. The molecule has 1 N–H and O–H groups in total. The highest BCUT2D eigenvalue weighted by molar-refractivity contribution is 7.15. The predicted octanol–water partition coefficient (Wildman–Crippen LogP) is 4.42. The Bertz CT molecular complexity index is 1180. The minimum Gasteiger partial charge on any atom is -0.493 e. The van der Waals surface area contributed by atoms with Crippen LogP contribution in [0.5, 0.6) is 17.2 Å². The van der Waals surface area contributed by atoms with E-state index in [1.807, 2.05) is 44.2 Å². The summed E-state index contributed by atoms with van der Waals surface area (Å²) >= 11 is 1.27. The Kier molecular flexibility index (Phi) is 8.38. The number of carbonyl (C=O) groups is 1. The fourth-order valence-electron chi connectivity index (χ4n) is 2.84. The maximum absolute atomic E-state index is 12.4. The summed E-state index contributed by atoms with van der Waals surface area (Å²) in [6, 6.07) is 14.9. The Balaban J connectivity index is 1.62. The molecule has 3 aromatic rings. The molecule has 2 aromatic carbocycles. The zero-order valence-corrected chi connectivity index (χ0v) is 19.4. The number of hydrogen-bond donors (Lipinski definition) is 1. The number of carbonyl (C=O) groups excluding carboxylic acids is 1. The predicted molar refractivity (Wildman–Crippen MR) is 127 cm³/mol. The third-order valence-corrected chi connectivity index (χ3v) is 5.44. The van der Waals surface area contributed by atoms with Gasteiger partial charge in [0.2, 0.25) is 5.13 Å². The first-order valence-corrected chi connectivity index (χ1v) is 11.1. The van der Waals surface area contributed by atoms with E-state index in [0.717, 1.165) is 22.7 Å². The summed E-state index contributed by atoms with van der Waals surface area (Å²) in [6.45, 7) is 4.65. The molecule has 0 spiro atoms.